The van der Waals surface area contributed by atoms with Crippen molar-refractivity contribution in [2.45, 2.75) is 59.8 Å². The van der Waals surface area contributed by atoms with Crippen molar-refractivity contribution in [3.05, 3.63) is 0 Å². The van der Waals surface area contributed by atoms with E-state index >= 15 is 0 Å². The second-order valence-corrected chi connectivity index (χ2v) is 6.17. The fourth-order valence-corrected chi connectivity index (χ4v) is 2.86. The fourth-order valence-electron chi connectivity index (χ4n) is 2.86. The Bertz CT molecular complexity index is 207. The molecule has 0 bridgehead atoms. The van der Waals surface area contributed by atoms with Crippen LogP contribution in [0, 0.1) is 11.3 Å². The average molecular weight is 254 g/mol. The molecule has 0 heterocycles. The summed E-state index contributed by atoms with van der Waals surface area (Å²) in [6, 6.07) is 0. The van der Waals surface area contributed by atoms with Crippen molar-refractivity contribution in [1.29, 1.82) is 0 Å². The molecular formula is C16H34N2. The molecule has 0 aliphatic heterocycles. The SMILES string of the molecule is CCCN(CC1CC1)CC(CC)(CC)CNCC. The molecule has 0 radical (unpaired) electrons. The Balaban J connectivity index is 2.52. The van der Waals surface area contributed by atoms with E-state index in [-0.39, 0.29) is 0 Å². The van der Waals surface area contributed by atoms with Crippen molar-refractivity contribution in [1.82, 2.24) is 10.2 Å². The second-order valence-electron chi connectivity index (χ2n) is 6.17. The first kappa shape index (κ1) is 16.0. The van der Waals surface area contributed by atoms with Crippen molar-refractivity contribution < 1.29 is 0 Å². The van der Waals surface area contributed by atoms with Crippen LogP contribution in [-0.4, -0.2) is 37.6 Å². The number of rotatable bonds is 11. The van der Waals surface area contributed by atoms with Gasteiger partial charge in [0.15, 0.2) is 0 Å². The maximum absolute atomic E-state index is 3.58. The van der Waals surface area contributed by atoms with Gasteiger partial charge in [-0.3, -0.25) is 0 Å². The minimum absolute atomic E-state index is 0.486. The molecule has 1 aliphatic rings. The summed E-state index contributed by atoms with van der Waals surface area (Å²) in [7, 11) is 0. The largest absolute Gasteiger partial charge is 0.316 e. The number of nitrogens with one attached hydrogen (secondary N) is 1. The van der Waals surface area contributed by atoms with Gasteiger partial charge in [0.05, 0.1) is 0 Å². The van der Waals surface area contributed by atoms with Crippen LogP contribution >= 0.6 is 0 Å². The van der Waals surface area contributed by atoms with Gasteiger partial charge in [0.2, 0.25) is 0 Å². The normalized spacial score (nSPS) is 16.5. The molecule has 0 aromatic heterocycles. The summed E-state index contributed by atoms with van der Waals surface area (Å²) in [5, 5.41) is 3.58. The van der Waals surface area contributed by atoms with Gasteiger partial charge in [-0.2, -0.15) is 0 Å². The molecule has 0 aromatic carbocycles. The first-order chi connectivity index (χ1) is 8.69. The monoisotopic (exact) mass is 254 g/mol. The van der Waals surface area contributed by atoms with Crippen LogP contribution in [0.5, 0.6) is 0 Å². The van der Waals surface area contributed by atoms with E-state index in [9.17, 15) is 0 Å². The predicted octanol–water partition coefficient (Wildman–Crippen LogP) is 3.52. The van der Waals surface area contributed by atoms with E-state index in [2.05, 4.69) is 37.9 Å². The number of nitrogens with zero attached hydrogens (tertiary/aromatic N) is 1. The van der Waals surface area contributed by atoms with E-state index in [1.54, 1.807) is 0 Å². The summed E-state index contributed by atoms with van der Waals surface area (Å²) in [6.07, 6.45) is 6.82. The molecule has 0 spiro atoms. The Kier molecular flexibility index (Phi) is 7.25. The van der Waals surface area contributed by atoms with Crippen LogP contribution in [0.3, 0.4) is 0 Å². The summed E-state index contributed by atoms with van der Waals surface area (Å²) in [5.74, 6) is 1.02. The van der Waals surface area contributed by atoms with Gasteiger partial charge in [-0.15, -0.1) is 0 Å². The van der Waals surface area contributed by atoms with Crippen LogP contribution in [0.4, 0.5) is 0 Å². The van der Waals surface area contributed by atoms with E-state index in [1.807, 2.05) is 0 Å². The first-order valence-corrected chi connectivity index (χ1v) is 8.12. The molecular weight excluding hydrogens is 220 g/mol. The van der Waals surface area contributed by atoms with Crippen molar-refractivity contribution in [2.75, 3.05) is 32.7 Å². The Morgan fingerprint density at radius 3 is 2.22 bits per heavy atom. The van der Waals surface area contributed by atoms with Crippen molar-refractivity contribution in [2.24, 2.45) is 11.3 Å². The van der Waals surface area contributed by atoms with E-state index in [4.69, 9.17) is 0 Å². The minimum atomic E-state index is 0.486. The lowest BCUT2D eigenvalue weighted by Crippen LogP contribution is -2.44. The summed E-state index contributed by atoms with van der Waals surface area (Å²) in [6.45, 7) is 15.4. The highest BCUT2D eigenvalue weighted by Gasteiger charge is 2.31. The summed E-state index contributed by atoms with van der Waals surface area (Å²) in [4.78, 5) is 2.74. The average Bonchev–Trinajstić information content (AvgIpc) is 3.19. The van der Waals surface area contributed by atoms with E-state index < -0.39 is 0 Å². The van der Waals surface area contributed by atoms with Gasteiger partial charge < -0.3 is 10.2 Å². The highest BCUT2D eigenvalue weighted by atomic mass is 15.1. The van der Waals surface area contributed by atoms with Crippen molar-refractivity contribution >= 4 is 0 Å². The maximum Gasteiger partial charge on any atom is 0.00500 e. The summed E-state index contributed by atoms with van der Waals surface area (Å²) < 4.78 is 0. The van der Waals surface area contributed by atoms with E-state index in [0.29, 0.717) is 5.41 Å². The third-order valence-corrected chi connectivity index (χ3v) is 4.56. The highest BCUT2D eigenvalue weighted by molar-refractivity contribution is 4.85. The molecule has 0 unspecified atom stereocenters. The zero-order chi connectivity index (χ0) is 13.4. The molecule has 0 amide bonds. The van der Waals surface area contributed by atoms with Crippen LogP contribution in [0.15, 0.2) is 0 Å². The van der Waals surface area contributed by atoms with Crippen LogP contribution in [0.25, 0.3) is 0 Å². The zero-order valence-electron chi connectivity index (χ0n) is 13.1. The standard InChI is InChI=1S/C16H34N2/c1-5-11-18(12-15-9-10-15)14-16(6-2,7-3)13-17-8-4/h15,17H,5-14H2,1-4H3. The smallest absolute Gasteiger partial charge is 0.00500 e. The van der Waals surface area contributed by atoms with Gasteiger partial charge >= 0.3 is 0 Å². The van der Waals surface area contributed by atoms with Crippen molar-refractivity contribution in [3.63, 3.8) is 0 Å². The Morgan fingerprint density at radius 1 is 1.11 bits per heavy atom. The van der Waals surface area contributed by atoms with Crippen molar-refractivity contribution in [3.8, 4) is 0 Å². The Hall–Kier alpha value is -0.0800. The van der Waals surface area contributed by atoms with Crippen LogP contribution in [0.1, 0.15) is 59.8 Å². The van der Waals surface area contributed by atoms with E-state index in [0.717, 1.165) is 12.5 Å². The van der Waals surface area contributed by atoms with Gasteiger partial charge in [0, 0.05) is 19.6 Å². The molecule has 1 aliphatic carbocycles. The molecule has 1 fully saturated rings. The number of hydrogen-bond donors (Lipinski definition) is 1. The molecule has 0 saturated heterocycles. The highest BCUT2D eigenvalue weighted by Crippen LogP contribution is 2.32. The van der Waals surface area contributed by atoms with Gasteiger partial charge in [0.1, 0.15) is 0 Å². The molecule has 2 nitrogen and oxygen atoms in total. The molecule has 0 atom stereocenters. The lowest BCUT2D eigenvalue weighted by atomic mass is 9.81. The van der Waals surface area contributed by atoms with Gasteiger partial charge in [-0.05, 0) is 56.5 Å². The minimum Gasteiger partial charge on any atom is -0.316 e. The van der Waals surface area contributed by atoms with Crippen LogP contribution in [0.2, 0.25) is 0 Å². The molecule has 0 aromatic rings. The van der Waals surface area contributed by atoms with Crippen LogP contribution < -0.4 is 5.32 Å². The lowest BCUT2D eigenvalue weighted by molar-refractivity contribution is 0.130. The third-order valence-electron chi connectivity index (χ3n) is 4.56. The molecule has 108 valence electrons. The van der Waals surface area contributed by atoms with Gasteiger partial charge in [0.25, 0.3) is 0 Å². The lowest BCUT2D eigenvalue weighted by Gasteiger charge is -2.37. The molecule has 1 N–H and O–H groups in total. The molecule has 1 saturated carbocycles. The molecule has 18 heavy (non-hydrogen) atoms. The quantitative estimate of drug-likeness (QED) is 0.607. The predicted molar refractivity (Wildman–Crippen MR) is 81.0 cm³/mol. The molecule has 1 rings (SSSR count). The number of hydrogen-bond acceptors (Lipinski definition) is 2. The van der Waals surface area contributed by atoms with E-state index in [1.165, 1.54) is 58.3 Å². The second kappa shape index (κ2) is 8.16. The Labute approximate surface area is 115 Å². The maximum atomic E-state index is 3.58. The fraction of sp³-hybridized carbons (Fsp3) is 1.00. The third kappa shape index (κ3) is 5.27. The molecule has 2 heteroatoms. The van der Waals surface area contributed by atoms with Gasteiger partial charge in [-0.25, -0.2) is 0 Å². The first-order valence-electron chi connectivity index (χ1n) is 8.12. The van der Waals surface area contributed by atoms with Gasteiger partial charge in [-0.1, -0.05) is 27.7 Å². The topological polar surface area (TPSA) is 15.3 Å². The van der Waals surface area contributed by atoms with Crippen LogP contribution in [-0.2, 0) is 0 Å². The zero-order valence-corrected chi connectivity index (χ0v) is 13.1. The Morgan fingerprint density at radius 2 is 1.78 bits per heavy atom. The summed E-state index contributed by atoms with van der Waals surface area (Å²) in [5.41, 5.74) is 0.486. The summed E-state index contributed by atoms with van der Waals surface area (Å²) >= 11 is 0.